The summed E-state index contributed by atoms with van der Waals surface area (Å²) in [7, 11) is 0. The SMILES string of the molecule is CCCNc1cc(OCCC)nc(N)[n+]1[O-]. The molecule has 0 atom stereocenters. The van der Waals surface area contributed by atoms with E-state index in [0.717, 1.165) is 12.8 Å². The smallest absolute Gasteiger partial charge is 0.347 e. The van der Waals surface area contributed by atoms with Crippen molar-refractivity contribution in [3.8, 4) is 5.88 Å². The quantitative estimate of drug-likeness (QED) is 0.556. The molecule has 0 bridgehead atoms. The number of nitrogens with two attached hydrogens (primary N) is 1. The van der Waals surface area contributed by atoms with Crippen molar-refractivity contribution < 1.29 is 9.47 Å². The van der Waals surface area contributed by atoms with Crippen LogP contribution in [0.3, 0.4) is 0 Å². The van der Waals surface area contributed by atoms with Gasteiger partial charge < -0.3 is 21.0 Å². The lowest BCUT2D eigenvalue weighted by molar-refractivity contribution is -0.577. The van der Waals surface area contributed by atoms with Crippen LogP contribution in [0.25, 0.3) is 0 Å². The third-order valence-corrected chi connectivity index (χ3v) is 1.92. The van der Waals surface area contributed by atoms with Crippen molar-refractivity contribution >= 4 is 11.8 Å². The minimum absolute atomic E-state index is 0.104. The van der Waals surface area contributed by atoms with Crippen molar-refractivity contribution in [1.29, 1.82) is 0 Å². The summed E-state index contributed by atoms with van der Waals surface area (Å²) in [6, 6.07) is 1.56. The number of hydrogen-bond acceptors (Lipinski definition) is 5. The molecule has 0 aliphatic heterocycles. The molecule has 0 saturated carbocycles. The lowest BCUT2D eigenvalue weighted by atomic mass is 10.4. The highest BCUT2D eigenvalue weighted by Crippen LogP contribution is 2.12. The van der Waals surface area contributed by atoms with Crippen LogP contribution < -0.4 is 20.5 Å². The molecule has 3 N–H and O–H groups in total. The maximum Gasteiger partial charge on any atom is 0.347 e. The first kappa shape index (κ1) is 12.4. The molecule has 1 aromatic heterocycles. The molecule has 1 aromatic rings. The Morgan fingerprint density at radius 1 is 1.50 bits per heavy atom. The summed E-state index contributed by atoms with van der Waals surface area (Å²) in [4.78, 5) is 3.84. The highest BCUT2D eigenvalue weighted by Gasteiger charge is 2.10. The average Bonchev–Trinajstić information content (AvgIpc) is 2.28. The highest BCUT2D eigenvalue weighted by atomic mass is 16.5. The standard InChI is InChI=1S/C10H18N4O2/c1-3-5-12-8-7-9(16-6-4-2)13-10(11)14(8)15/h7,12H,3-6H2,1-2H3,(H2,11,13). The molecule has 1 rings (SSSR count). The van der Waals surface area contributed by atoms with Gasteiger partial charge in [0, 0.05) is 6.54 Å². The second-order valence-corrected chi connectivity index (χ2v) is 3.41. The van der Waals surface area contributed by atoms with Gasteiger partial charge in [-0.15, -0.1) is 0 Å². The van der Waals surface area contributed by atoms with Gasteiger partial charge in [0.2, 0.25) is 5.82 Å². The fourth-order valence-corrected chi connectivity index (χ4v) is 1.15. The Hall–Kier alpha value is -1.72. The van der Waals surface area contributed by atoms with E-state index in [-0.39, 0.29) is 5.95 Å². The number of nitrogens with one attached hydrogen (secondary N) is 1. The Morgan fingerprint density at radius 3 is 2.88 bits per heavy atom. The molecule has 16 heavy (non-hydrogen) atoms. The van der Waals surface area contributed by atoms with Gasteiger partial charge in [0.1, 0.15) is 0 Å². The van der Waals surface area contributed by atoms with Crippen LogP contribution in [0.15, 0.2) is 6.07 Å². The zero-order valence-corrected chi connectivity index (χ0v) is 9.69. The van der Waals surface area contributed by atoms with Crippen molar-refractivity contribution in [3.05, 3.63) is 11.3 Å². The summed E-state index contributed by atoms with van der Waals surface area (Å²) < 4.78 is 5.89. The van der Waals surface area contributed by atoms with Crippen LogP contribution in [0.5, 0.6) is 5.88 Å². The summed E-state index contributed by atoms with van der Waals surface area (Å²) in [6.45, 7) is 5.28. The first-order valence-corrected chi connectivity index (χ1v) is 5.45. The minimum atomic E-state index is -0.104. The summed E-state index contributed by atoms with van der Waals surface area (Å²) in [5.41, 5.74) is 5.48. The molecular formula is C10H18N4O2. The molecule has 6 heteroatoms. The third kappa shape index (κ3) is 3.15. The fraction of sp³-hybridized carbons (Fsp3) is 0.600. The minimum Gasteiger partial charge on any atom is -0.754 e. The molecule has 0 aliphatic carbocycles. The highest BCUT2D eigenvalue weighted by molar-refractivity contribution is 5.36. The Morgan fingerprint density at radius 2 is 2.25 bits per heavy atom. The van der Waals surface area contributed by atoms with Gasteiger partial charge in [0.15, 0.2) is 0 Å². The van der Waals surface area contributed by atoms with Crippen molar-refractivity contribution in [2.75, 3.05) is 24.2 Å². The van der Waals surface area contributed by atoms with Gasteiger partial charge in [0.05, 0.1) is 12.7 Å². The van der Waals surface area contributed by atoms with E-state index in [0.29, 0.717) is 29.6 Å². The molecule has 1 heterocycles. The first-order chi connectivity index (χ1) is 7.69. The monoisotopic (exact) mass is 226 g/mol. The van der Waals surface area contributed by atoms with E-state index >= 15 is 0 Å². The number of hydrogen-bond donors (Lipinski definition) is 2. The summed E-state index contributed by atoms with van der Waals surface area (Å²) in [5, 5.41) is 14.5. The summed E-state index contributed by atoms with van der Waals surface area (Å²) in [5.74, 6) is 0.651. The van der Waals surface area contributed by atoms with Crippen LogP contribution in [0.1, 0.15) is 26.7 Å². The Labute approximate surface area is 95.0 Å². The lowest BCUT2D eigenvalue weighted by Crippen LogP contribution is -2.35. The van der Waals surface area contributed by atoms with Crippen LogP contribution in [0, 0.1) is 5.21 Å². The molecule has 90 valence electrons. The van der Waals surface area contributed by atoms with Gasteiger partial charge in [-0.25, -0.2) is 4.73 Å². The van der Waals surface area contributed by atoms with Gasteiger partial charge in [-0.05, 0) is 12.8 Å². The second kappa shape index (κ2) is 5.99. The van der Waals surface area contributed by atoms with Crippen molar-refractivity contribution in [1.82, 2.24) is 4.98 Å². The number of ether oxygens (including phenoxy) is 1. The van der Waals surface area contributed by atoms with E-state index in [1.54, 1.807) is 6.07 Å². The van der Waals surface area contributed by atoms with Crippen LogP contribution in [-0.2, 0) is 0 Å². The average molecular weight is 226 g/mol. The zero-order valence-electron chi connectivity index (χ0n) is 9.69. The van der Waals surface area contributed by atoms with Gasteiger partial charge in [-0.2, -0.15) is 0 Å². The largest absolute Gasteiger partial charge is 0.754 e. The lowest BCUT2D eigenvalue weighted by Gasteiger charge is -2.14. The van der Waals surface area contributed by atoms with Gasteiger partial charge in [-0.3, -0.25) is 0 Å². The maximum atomic E-state index is 11.5. The fourth-order valence-electron chi connectivity index (χ4n) is 1.15. The van der Waals surface area contributed by atoms with E-state index < -0.39 is 0 Å². The van der Waals surface area contributed by atoms with Crippen molar-refractivity contribution in [2.24, 2.45) is 0 Å². The maximum absolute atomic E-state index is 11.5. The molecule has 6 nitrogen and oxygen atoms in total. The molecule has 0 spiro atoms. The van der Waals surface area contributed by atoms with Crippen molar-refractivity contribution in [2.45, 2.75) is 26.7 Å². The van der Waals surface area contributed by atoms with Crippen LogP contribution in [0.4, 0.5) is 11.8 Å². The van der Waals surface area contributed by atoms with Crippen LogP contribution >= 0.6 is 0 Å². The predicted octanol–water partition coefficient (Wildman–Crippen LogP) is 0.908. The molecule has 0 radical (unpaired) electrons. The molecule has 0 aromatic carbocycles. The van der Waals surface area contributed by atoms with E-state index in [1.807, 2.05) is 13.8 Å². The summed E-state index contributed by atoms with van der Waals surface area (Å²) in [6.07, 6.45) is 1.80. The Bertz CT molecular complexity index is 344. The normalized spacial score (nSPS) is 10.1. The molecule has 0 unspecified atom stereocenters. The molecule has 0 fully saturated rings. The van der Waals surface area contributed by atoms with Crippen LogP contribution in [0.2, 0.25) is 0 Å². The molecule has 0 amide bonds. The van der Waals surface area contributed by atoms with E-state index in [4.69, 9.17) is 10.5 Å². The number of nitrogen functional groups attached to an aromatic ring is 1. The van der Waals surface area contributed by atoms with Gasteiger partial charge in [-0.1, -0.05) is 18.8 Å². The Balaban J connectivity index is 2.83. The third-order valence-electron chi connectivity index (χ3n) is 1.92. The van der Waals surface area contributed by atoms with E-state index in [1.165, 1.54) is 0 Å². The van der Waals surface area contributed by atoms with E-state index in [2.05, 4.69) is 10.3 Å². The predicted molar refractivity (Wildman–Crippen MR) is 62.2 cm³/mol. The van der Waals surface area contributed by atoms with Gasteiger partial charge in [0.25, 0.3) is 5.88 Å². The molecular weight excluding hydrogens is 208 g/mol. The second-order valence-electron chi connectivity index (χ2n) is 3.41. The zero-order chi connectivity index (χ0) is 12.0. The summed E-state index contributed by atoms with van der Waals surface area (Å²) >= 11 is 0. The number of aromatic nitrogens is 2. The van der Waals surface area contributed by atoms with Crippen molar-refractivity contribution in [3.63, 3.8) is 0 Å². The Kier molecular flexibility index (Phi) is 4.63. The molecule has 0 aliphatic rings. The van der Waals surface area contributed by atoms with Crippen LogP contribution in [-0.4, -0.2) is 18.1 Å². The number of rotatable bonds is 6. The molecule has 0 saturated heterocycles. The number of nitrogens with zero attached hydrogens (tertiary/aromatic N) is 2. The number of anilines is 2. The van der Waals surface area contributed by atoms with E-state index in [9.17, 15) is 5.21 Å². The first-order valence-electron chi connectivity index (χ1n) is 5.45. The topological polar surface area (TPSA) is 87.1 Å². The van der Waals surface area contributed by atoms with Gasteiger partial charge >= 0.3 is 5.95 Å².